The van der Waals surface area contributed by atoms with Crippen LogP contribution in [0, 0.1) is 6.92 Å². The molecule has 5 heteroatoms. The van der Waals surface area contributed by atoms with E-state index >= 15 is 0 Å². The lowest BCUT2D eigenvalue weighted by molar-refractivity contribution is -0.156. The molecule has 1 atom stereocenters. The Balaban J connectivity index is 2.22. The molecule has 0 bridgehead atoms. The lowest BCUT2D eigenvalue weighted by Crippen LogP contribution is -2.56. The van der Waals surface area contributed by atoms with Crippen LogP contribution in [0.3, 0.4) is 0 Å². The Bertz CT molecular complexity index is 482. The summed E-state index contributed by atoms with van der Waals surface area (Å²) in [4.78, 5) is 18.6. The van der Waals surface area contributed by atoms with Crippen LogP contribution in [-0.2, 0) is 9.53 Å². The van der Waals surface area contributed by atoms with E-state index in [1.54, 1.807) is 6.20 Å². The van der Waals surface area contributed by atoms with Crippen LogP contribution in [0.1, 0.15) is 26.3 Å². The van der Waals surface area contributed by atoms with Gasteiger partial charge in [0.15, 0.2) is 0 Å². The number of nitrogens with zero attached hydrogens (tertiary/aromatic N) is 2. The van der Waals surface area contributed by atoms with Crippen molar-refractivity contribution in [2.75, 3.05) is 24.5 Å². The van der Waals surface area contributed by atoms with Gasteiger partial charge in [0.25, 0.3) is 0 Å². The van der Waals surface area contributed by atoms with Crippen LogP contribution < -0.4 is 10.2 Å². The van der Waals surface area contributed by atoms with Crippen molar-refractivity contribution in [1.29, 1.82) is 0 Å². The number of ether oxygens (including phenoxy) is 1. The number of nitrogens with one attached hydrogen (secondary N) is 1. The summed E-state index contributed by atoms with van der Waals surface area (Å²) < 4.78 is 5.53. The van der Waals surface area contributed by atoms with Gasteiger partial charge in [-0.1, -0.05) is 0 Å². The number of esters is 1. The molecule has 20 heavy (non-hydrogen) atoms. The Hall–Kier alpha value is -1.62. The second kappa shape index (κ2) is 5.79. The van der Waals surface area contributed by atoms with Gasteiger partial charge >= 0.3 is 5.97 Å². The Morgan fingerprint density at radius 1 is 1.50 bits per heavy atom. The normalized spacial score (nSPS) is 19.8. The monoisotopic (exact) mass is 277 g/mol. The highest BCUT2D eigenvalue weighted by atomic mass is 16.6. The minimum Gasteiger partial charge on any atom is -0.458 e. The van der Waals surface area contributed by atoms with Gasteiger partial charge in [-0.05, 0) is 39.3 Å². The summed E-state index contributed by atoms with van der Waals surface area (Å²) in [6.07, 6.45) is 3.58. The number of carbonyl (C=O) groups excluding carboxylic acids is 1. The van der Waals surface area contributed by atoms with Gasteiger partial charge in [-0.3, -0.25) is 4.98 Å². The van der Waals surface area contributed by atoms with Crippen LogP contribution in [0.25, 0.3) is 0 Å². The quantitative estimate of drug-likeness (QED) is 0.831. The van der Waals surface area contributed by atoms with Gasteiger partial charge < -0.3 is 15.0 Å². The fourth-order valence-electron chi connectivity index (χ4n) is 2.33. The lowest BCUT2D eigenvalue weighted by atomic mass is 10.1. The molecule has 1 aliphatic heterocycles. The zero-order chi connectivity index (χ0) is 14.8. The molecule has 1 fully saturated rings. The average Bonchev–Trinajstić information content (AvgIpc) is 2.37. The van der Waals surface area contributed by atoms with Crippen molar-refractivity contribution in [2.45, 2.75) is 39.3 Å². The molecule has 1 unspecified atom stereocenters. The van der Waals surface area contributed by atoms with Gasteiger partial charge in [0.2, 0.25) is 0 Å². The third kappa shape index (κ3) is 3.48. The summed E-state index contributed by atoms with van der Waals surface area (Å²) in [5, 5.41) is 3.26. The molecule has 0 saturated carbocycles. The highest BCUT2D eigenvalue weighted by molar-refractivity contribution is 5.81. The van der Waals surface area contributed by atoms with Gasteiger partial charge in [0.1, 0.15) is 11.6 Å². The van der Waals surface area contributed by atoms with Crippen LogP contribution in [0.2, 0.25) is 0 Å². The number of hydrogen-bond acceptors (Lipinski definition) is 5. The summed E-state index contributed by atoms with van der Waals surface area (Å²) in [6.45, 7) is 9.93. The van der Waals surface area contributed by atoms with Crippen molar-refractivity contribution < 1.29 is 9.53 Å². The van der Waals surface area contributed by atoms with Gasteiger partial charge in [-0.2, -0.15) is 0 Å². The fourth-order valence-corrected chi connectivity index (χ4v) is 2.33. The molecule has 1 aromatic heterocycles. The number of anilines is 1. The molecule has 0 radical (unpaired) electrons. The van der Waals surface area contributed by atoms with Crippen molar-refractivity contribution in [3.8, 4) is 0 Å². The topological polar surface area (TPSA) is 54.5 Å². The van der Waals surface area contributed by atoms with Crippen molar-refractivity contribution in [3.05, 3.63) is 24.0 Å². The number of carbonyl (C=O) groups is 1. The number of piperazine rings is 1. The maximum atomic E-state index is 12.4. The highest BCUT2D eigenvalue weighted by Crippen LogP contribution is 2.23. The van der Waals surface area contributed by atoms with Crippen LogP contribution in [0.15, 0.2) is 18.5 Å². The first-order chi connectivity index (χ1) is 9.38. The molecule has 2 heterocycles. The van der Waals surface area contributed by atoms with Crippen LogP contribution in [-0.4, -0.2) is 42.2 Å². The molecule has 0 aromatic carbocycles. The molecule has 1 saturated heterocycles. The lowest BCUT2D eigenvalue weighted by Gasteiger charge is -2.38. The van der Waals surface area contributed by atoms with E-state index in [9.17, 15) is 4.79 Å². The SMILES string of the molecule is Cc1ccncc1N1CCNCC1C(=O)OC(C)(C)C. The van der Waals surface area contributed by atoms with Gasteiger partial charge in [-0.25, -0.2) is 4.79 Å². The number of aryl methyl sites for hydroxylation is 1. The largest absolute Gasteiger partial charge is 0.458 e. The van der Waals surface area contributed by atoms with Crippen LogP contribution >= 0.6 is 0 Å². The molecular formula is C15H23N3O2. The Labute approximate surface area is 120 Å². The van der Waals surface area contributed by atoms with E-state index in [0.29, 0.717) is 6.54 Å². The van der Waals surface area contributed by atoms with Crippen molar-refractivity contribution >= 4 is 11.7 Å². The second-order valence-corrected chi connectivity index (χ2v) is 6.11. The van der Waals surface area contributed by atoms with Gasteiger partial charge in [-0.15, -0.1) is 0 Å². The highest BCUT2D eigenvalue weighted by Gasteiger charge is 2.33. The van der Waals surface area contributed by atoms with Crippen LogP contribution in [0.4, 0.5) is 5.69 Å². The minimum absolute atomic E-state index is 0.187. The average molecular weight is 277 g/mol. The van der Waals surface area contributed by atoms with E-state index < -0.39 is 5.60 Å². The zero-order valence-electron chi connectivity index (χ0n) is 12.6. The maximum Gasteiger partial charge on any atom is 0.330 e. The first-order valence-corrected chi connectivity index (χ1v) is 6.99. The first kappa shape index (κ1) is 14.8. The van der Waals surface area contributed by atoms with E-state index in [-0.39, 0.29) is 12.0 Å². The van der Waals surface area contributed by atoms with Crippen molar-refractivity contribution in [2.24, 2.45) is 0 Å². The third-order valence-corrected chi connectivity index (χ3v) is 3.24. The smallest absolute Gasteiger partial charge is 0.330 e. The van der Waals surface area contributed by atoms with E-state index in [0.717, 1.165) is 24.3 Å². The number of rotatable bonds is 2. The van der Waals surface area contributed by atoms with E-state index in [1.165, 1.54) is 0 Å². The molecular weight excluding hydrogens is 254 g/mol. The molecule has 1 aromatic rings. The Morgan fingerprint density at radius 3 is 2.90 bits per heavy atom. The predicted molar refractivity (Wildman–Crippen MR) is 78.8 cm³/mol. The summed E-state index contributed by atoms with van der Waals surface area (Å²) in [7, 11) is 0. The molecule has 0 spiro atoms. The van der Waals surface area contributed by atoms with Crippen molar-refractivity contribution in [1.82, 2.24) is 10.3 Å². The number of pyridine rings is 1. The standard InChI is InChI=1S/C15H23N3O2/c1-11-5-6-16-9-12(11)18-8-7-17-10-13(18)14(19)20-15(2,3)4/h5-6,9,13,17H,7-8,10H2,1-4H3. The van der Waals surface area contributed by atoms with Gasteiger partial charge in [0, 0.05) is 25.8 Å². The molecule has 1 aliphatic rings. The minimum atomic E-state index is -0.468. The van der Waals surface area contributed by atoms with E-state index in [4.69, 9.17) is 4.74 Å². The molecule has 0 aliphatic carbocycles. The zero-order valence-corrected chi connectivity index (χ0v) is 12.6. The summed E-state index contributed by atoms with van der Waals surface area (Å²) in [5.74, 6) is -0.187. The fraction of sp³-hybridized carbons (Fsp3) is 0.600. The third-order valence-electron chi connectivity index (χ3n) is 3.24. The summed E-state index contributed by atoms with van der Waals surface area (Å²) in [5.41, 5.74) is 1.66. The molecule has 2 rings (SSSR count). The van der Waals surface area contributed by atoms with E-state index in [2.05, 4.69) is 15.2 Å². The number of aromatic nitrogens is 1. The maximum absolute atomic E-state index is 12.4. The molecule has 110 valence electrons. The van der Waals surface area contributed by atoms with Crippen LogP contribution in [0.5, 0.6) is 0 Å². The Kier molecular flexibility index (Phi) is 4.28. The van der Waals surface area contributed by atoms with Crippen molar-refractivity contribution in [3.63, 3.8) is 0 Å². The Morgan fingerprint density at radius 2 is 2.25 bits per heavy atom. The number of hydrogen-bond donors (Lipinski definition) is 1. The van der Waals surface area contributed by atoms with E-state index in [1.807, 2.05) is 40.0 Å². The summed E-state index contributed by atoms with van der Waals surface area (Å²) in [6, 6.07) is 1.66. The predicted octanol–water partition coefficient (Wildman–Crippen LogP) is 1.51. The summed E-state index contributed by atoms with van der Waals surface area (Å²) >= 11 is 0. The second-order valence-electron chi connectivity index (χ2n) is 6.11. The first-order valence-electron chi connectivity index (χ1n) is 6.99. The molecule has 1 N–H and O–H groups in total. The molecule has 0 amide bonds. The van der Waals surface area contributed by atoms with Gasteiger partial charge in [0.05, 0.1) is 11.9 Å². The molecule has 5 nitrogen and oxygen atoms in total.